The lowest BCUT2D eigenvalue weighted by molar-refractivity contribution is -0.150. The highest BCUT2D eigenvalue weighted by molar-refractivity contribution is 6.45. The van der Waals surface area contributed by atoms with Gasteiger partial charge in [-0.15, -0.1) is 0 Å². The number of para-hydroxylation sites is 2. The molecule has 3 aliphatic carbocycles. The first-order valence-corrected chi connectivity index (χ1v) is 24.4. The van der Waals surface area contributed by atoms with Crippen molar-refractivity contribution in [3.63, 3.8) is 0 Å². The molecule has 3 fully saturated rings. The fraction of sp³-hybridized carbons (Fsp3) is 0.434. The van der Waals surface area contributed by atoms with E-state index in [0.717, 1.165) is 86.0 Å². The van der Waals surface area contributed by atoms with Crippen LogP contribution in [0.5, 0.6) is 0 Å². The predicted octanol–water partition coefficient (Wildman–Crippen LogP) is 7.38. The van der Waals surface area contributed by atoms with Crippen LogP contribution in [-0.2, 0) is 33.6 Å². The summed E-state index contributed by atoms with van der Waals surface area (Å²) in [6, 6.07) is 18.8. The SMILES string of the molecule is Cc1cccc(NC(=O)C(C2CCCCC2)N(CC(=O)O)C(=O)C(=O)c2c[nH]c3ccccc23)c1.O=C(O)CN(C(=O)C(O)=C1C(=O)Nc2ccccc21)C(C(=O)NC1CCCCC1)C1CCCCC1. The first kappa shape index (κ1) is 50.6. The summed E-state index contributed by atoms with van der Waals surface area (Å²) in [4.78, 5) is 109. The topological polar surface area (TPSA) is 256 Å². The van der Waals surface area contributed by atoms with Crippen LogP contribution < -0.4 is 16.0 Å². The number of nitrogens with zero attached hydrogens (tertiary/aromatic N) is 2. The summed E-state index contributed by atoms with van der Waals surface area (Å²) in [7, 11) is 0. The van der Waals surface area contributed by atoms with Crippen molar-refractivity contribution in [1.29, 1.82) is 0 Å². The van der Waals surface area contributed by atoms with E-state index in [1.54, 1.807) is 66.7 Å². The first-order valence-electron chi connectivity index (χ1n) is 24.4. The van der Waals surface area contributed by atoms with Crippen LogP contribution in [0.3, 0.4) is 0 Å². The number of hydrogen-bond acceptors (Lipinski definition) is 9. The van der Waals surface area contributed by atoms with Crippen LogP contribution in [0.25, 0.3) is 16.5 Å². The number of fused-ring (bicyclic) bond motifs is 2. The molecule has 370 valence electrons. The number of aromatic nitrogens is 1. The number of aliphatic carboxylic acids is 2. The zero-order chi connectivity index (χ0) is 49.9. The molecule has 1 aliphatic heterocycles. The molecule has 7 N–H and O–H groups in total. The minimum atomic E-state index is -1.29. The van der Waals surface area contributed by atoms with E-state index in [-0.39, 0.29) is 34.9 Å². The number of carboxylic acids is 2. The number of carbonyl (C=O) groups is 8. The van der Waals surface area contributed by atoms with Gasteiger partial charge in [0.2, 0.25) is 11.8 Å². The van der Waals surface area contributed by atoms with Crippen molar-refractivity contribution >= 4 is 75.1 Å². The smallest absolute Gasteiger partial charge is 0.323 e. The molecule has 1 aromatic heterocycles. The largest absolute Gasteiger partial charge is 0.502 e. The van der Waals surface area contributed by atoms with Gasteiger partial charge in [-0.2, -0.15) is 0 Å². The third-order valence-corrected chi connectivity index (χ3v) is 13.9. The fourth-order valence-electron chi connectivity index (χ4n) is 10.6. The van der Waals surface area contributed by atoms with Crippen molar-refractivity contribution in [2.45, 2.75) is 121 Å². The number of Topliss-reactive ketones (excluding diaryl/α,β-unsaturated/α-hetero) is 1. The van der Waals surface area contributed by atoms with E-state index in [1.165, 1.54) is 6.20 Å². The Labute approximate surface area is 406 Å². The van der Waals surface area contributed by atoms with E-state index >= 15 is 0 Å². The van der Waals surface area contributed by atoms with Crippen LogP contribution in [0, 0.1) is 18.8 Å². The Bertz CT molecular complexity index is 2640. The second-order valence-corrected chi connectivity index (χ2v) is 18.8. The number of aliphatic hydroxyl groups is 1. The molecule has 17 nitrogen and oxygen atoms in total. The number of carbonyl (C=O) groups excluding carboxylic acids is 6. The zero-order valence-corrected chi connectivity index (χ0v) is 39.4. The molecule has 0 spiro atoms. The molecule has 0 saturated heterocycles. The molecule has 2 atom stereocenters. The third kappa shape index (κ3) is 12.1. The number of ketones is 1. The lowest BCUT2D eigenvalue weighted by Gasteiger charge is -2.38. The van der Waals surface area contributed by atoms with E-state index in [2.05, 4.69) is 20.9 Å². The van der Waals surface area contributed by atoms with E-state index in [4.69, 9.17) is 0 Å². The van der Waals surface area contributed by atoms with Crippen LogP contribution >= 0.6 is 0 Å². The Morgan fingerprint density at radius 2 is 1.21 bits per heavy atom. The van der Waals surface area contributed by atoms with Crippen LogP contribution in [0.15, 0.2) is 84.8 Å². The Balaban J connectivity index is 0.000000206. The van der Waals surface area contributed by atoms with Crippen LogP contribution in [0.2, 0.25) is 0 Å². The van der Waals surface area contributed by atoms with Gasteiger partial charge in [0.1, 0.15) is 25.2 Å². The number of amides is 5. The molecule has 4 aliphatic rings. The van der Waals surface area contributed by atoms with Gasteiger partial charge in [-0.1, -0.05) is 106 Å². The van der Waals surface area contributed by atoms with Gasteiger partial charge in [-0.3, -0.25) is 38.4 Å². The number of benzene rings is 3. The minimum Gasteiger partial charge on any atom is -0.502 e. The van der Waals surface area contributed by atoms with E-state index in [1.807, 2.05) is 13.0 Å². The molecule has 70 heavy (non-hydrogen) atoms. The van der Waals surface area contributed by atoms with Crippen molar-refractivity contribution < 1.29 is 53.7 Å². The molecule has 2 unspecified atom stereocenters. The number of aryl methyl sites for hydroxylation is 1. The molecule has 5 amide bonds. The van der Waals surface area contributed by atoms with Crippen molar-refractivity contribution in [3.05, 3.63) is 101 Å². The molecule has 2 heterocycles. The van der Waals surface area contributed by atoms with Crippen LogP contribution in [0.1, 0.15) is 118 Å². The highest BCUT2D eigenvalue weighted by Crippen LogP contribution is 2.36. The molecular formula is C53H62N6O11. The molecule has 0 bridgehead atoms. The lowest BCUT2D eigenvalue weighted by atomic mass is 9.82. The Morgan fingerprint density at radius 1 is 0.657 bits per heavy atom. The molecular weight excluding hydrogens is 897 g/mol. The molecule has 0 radical (unpaired) electrons. The molecule has 3 aromatic carbocycles. The van der Waals surface area contributed by atoms with Gasteiger partial charge in [0, 0.05) is 40.1 Å². The quantitative estimate of drug-likeness (QED) is 0.0268. The van der Waals surface area contributed by atoms with Crippen LogP contribution in [-0.4, -0.2) is 109 Å². The second kappa shape index (κ2) is 23.3. The summed E-state index contributed by atoms with van der Waals surface area (Å²) in [5.41, 5.74) is 2.95. The normalized spacial score (nSPS) is 17.9. The number of H-pyrrole nitrogens is 1. The van der Waals surface area contributed by atoms with E-state index in [9.17, 15) is 53.7 Å². The fourth-order valence-corrected chi connectivity index (χ4v) is 10.6. The Kier molecular flexibility index (Phi) is 16.9. The monoisotopic (exact) mass is 958 g/mol. The lowest BCUT2D eigenvalue weighted by Crippen LogP contribution is -2.57. The van der Waals surface area contributed by atoms with Gasteiger partial charge >= 0.3 is 11.9 Å². The van der Waals surface area contributed by atoms with Gasteiger partial charge in [-0.25, -0.2) is 0 Å². The maximum absolute atomic E-state index is 13.6. The first-order chi connectivity index (χ1) is 33.7. The minimum absolute atomic E-state index is 0.0106. The van der Waals surface area contributed by atoms with Gasteiger partial charge in [0.15, 0.2) is 5.76 Å². The average molecular weight is 959 g/mol. The number of nitrogens with one attached hydrogen (secondary N) is 4. The zero-order valence-electron chi connectivity index (χ0n) is 39.4. The summed E-state index contributed by atoms with van der Waals surface area (Å²) in [6.07, 6.45) is 14.6. The van der Waals surface area contributed by atoms with E-state index < -0.39 is 72.3 Å². The van der Waals surface area contributed by atoms with Gasteiger partial charge in [-0.05, 0) is 87.1 Å². The van der Waals surface area contributed by atoms with Crippen molar-refractivity contribution in [1.82, 2.24) is 20.1 Å². The number of rotatable bonds is 15. The summed E-state index contributed by atoms with van der Waals surface area (Å²) < 4.78 is 0. The van der Waals surface area contributed by atoms with Gasteiger partial charge < -0.3 is 46.1 Å². The number of aliphatic hydroxyl groups excluding tert-OH is 1. The highest BCUT2D eigenvalue weighted by atomic mass is 16.4. The van der Waals surface area contributed by atoms with Crippen LogP contribution in [0.4, 0.5) is 11.4 Å². The van der Waals surface area contributed by atoms with Gasteiger partial charge in [0.05, 0.1) is 11.1 Å². The number of hydrogen-bond donors (Lipinski definition) is 7. The maximum Gasteiger partial charge on any atom is 0.323 e. The standard InChI is InChI=1S/C27H29N3O5.C26H33N3O6/c1-17-8-7-11-19(14-17)29-26(34)24(18-9-3-2-4-10-18)30(16-23(31)32)27(35)25(33)21-15-28-22-13-6-5-12-20(21)22;30-20(31)15-29(26(35)23(32)21-18-13-7-8-14-19(18)28-24(21)33)22(16-9-3-1-4-10-16)25(34)27-17-11-5-2-6-12-17/h5-8,11-15,18,24,28H,2-4,9-10,16H2,1H3,(H,29,34)(H,31,32);7-8,13-14,16-17,22,32H,1-6,9-12,15H2,(H,27,34)(H,28,33)(H,30,31). The predicted molar refractivity (Wildman–Crippen MR) is 261 cm³/mol. The van der Waals surface area contributed by atoms with E-state index in [0.29, 0.717) is 53.5 Å². The molecule has 17 heteroatoms. The average Bonchev–Trinajstić information content (AvgIpc) is 3.94. The number of anilines is 2. The third-order valence-electron chi connectivity index (χ3n) is 13.9. The summed E-state index contributed by atoms with van der Waals surface area (Å²) in [5, 5.41) is 39.3. The van der Waals surface area contributed by atoms with Crippen molar-refractivity contribution in [2.24, 2.45) is 11.8 Å². The maximum atomic E-state index is 13.6. The molecule has 4 aromatic rings. The number of carboxylic acid groups (broad SMARTS) is 2. The van der Waals surface area contributed by atoms with Crippen molar-refractivity contribution in [2.75, 3.05) is 23.7 Å². The van der Waals surface area contributed by atoms with Gasteiger partial charge in [0.25, 0.3) is 23.5 Å². The Morgan fingerprint density at radius 3 is 1.83 bits per heavy atom. The Hall–Kier alpha value is -7.30. The molecule has 3 saturated carbocycles. The van der Waals surface area contributed by atoms with Crippen molar-refractivity contribution in [3.8, 4) is 0 Å². The molecule has 8 rings (SSSR count). The number of aromatic amines is 1. The summed E-state index contributed by atoms with van der Waals surface area (Å²) in [5.74, 6) is -8.26. The summed E-state index contributed by atoms with van der Waals surface area (Å²) >= 11 is 0. The highest BCUT2D eigenvalue weighted by Gasteiger charge is 2.43. The second-order valence-electron chi connectivity index (χ2n) is 18.8. The summed E-state index contributed by atoms with van der Waals surface area (Å²) in [6.45, 7) is 0.405.